The lowest BCUT2D eigenvalue weighted by atomic mass is 10.1. The molecule has 3 amide bonds. The fraction of sp³-hybridized carbons (Fsp3) is 0.227. The Morgan fingerprint density at radius 3 is 2.58 bits per heavy atom. The number of halogens is 1. The van der Waals surface area contributed by atoms with E-state index in [2.05, 4.69) is 21.2 Å². The zero-order chi connectivity index (χ0) is 22.4. The van der Waals surface area contributed by atoms with Gasteiger partial charge in [-0.2, -0.15) is 0 Å². The van der Waals surface area contributed by atoms with Gasteiger partial charge in [0.1, 0.15) is 5.70 Å². The maximum Gasteiger partial charge on any atom is 0.344 e. The smallest absolute Gasteiger partial charge is 0.344 e. The van der Waals surface area contributed by atoms with Crippen molar-refractivity contribution < 1.29 is 28.6 Å². The highest BCUT2D eigenvalue weighted by Crippen LogP contribution is 2.35. The van der Waals surface area contributed by atoms with Crippen LogP contribution in [0.5, 0.6) is 11.5 Å². The third-order valence-corrected chi connectivity index (χ3v) is 5.07. The van der Waals surface area contributed by atoms with Gasteiger partial charge in [-0.25, -0.2) is 9.59 Å². The molecule has 0 saturated carbocycles. The number of carbonyl (C=O) groups excluding carboxylic acids is 3. The molecule has 0 radical (unpaired) electrons. The van der Waals surface area contributed by atoms with Crippen molar-refractivity contribution >= 4 is 39.9 Å². The van der Waals surface area contributed by atoms with Gasteiger partial charge in [0.25, 0.3) is 5.91 Å². The Morgan fingerprint density at radius 2 is 1.90 bits per heavy atom. The lowest BCUT2D eigenvalue weighted by molar-refractivity contribution is -0.145. The molecule has 1 fully saturated rings. The van der Waals surface area contributed by atoms with E-state index in [1.165, 1.54) is 7.11 Å². The number of benzene rings is 2. The maximum atomic E-state index is 12.7. The first-order valence-corrected chi connectivity index (χ1v) is 10.3. The molecule has 2 aromatic carbocycles. The van der Waals surface area contributed by atoms with Gasteiger partial charge >= 0.3 is 12.0 Å². The summed E-state index contributed by atoms with van der Waals surface area (Å²) in [6.07, 6.45) is 1.55. The number of nitrogens with zero attached hydrogens (tertiary/aromatic N) is 1. The van der Waals surface area contributed by atoms with Gasteiger partial charge in [0.15, 0.2) is 18.1 Å². The van der Waals surface area contributed by atoms with Crippen molar-refractivity contribution in [2.45, 2.75) is 13.5 Å². The third-order valence-electron chi connectivity index (χ3n) is 4.38. The second kappa shape index (κ2) is 10.1. The molecule has 3 rings (SSSR count). The van der Waals surface area contributed by atoms with E-state index in [0.717, 1.165) is 10.5 Å². The molecular weight excluding hydrogens is 468 g/mol. The highest BCUT2D eigenvalue weighted by Gasteiger charge is 2.33. The lowest BCUT2D eigenvalue weighted by Gasteiger charge is -2.13. The zero-order valence-corrected chi connectivity index (χ0v) is 18.6. The third kappa shape index (κ3) is 5.43. The first-order valence-electron chi connectivity index (χ1n) is 9.47. The van der Waals surface area contributed by atoms with Gasteiger partial charge in [-0.15, -0.1) is 0 Å². The molecule has 8 nitrogen and oxygen atoms in total. The second-order valence-corrected chi connectivity index (χ2v) is 7.34. The van der Waals surface area contributed by atoms with Crippen LogP contribution in [0.1, 0.15) is 18.1 Å². The Bertz CT molecular complexity index is 1020. The van der Waals surface area contributed by atoms with E-state index in [0.29, 0.717) is 21.5 Å². The molecule has 0 unspecified atom stereocenters. The molecule has 1 heterocycles. The van der Waals surface area contributed by atoms with Crippen LogP contribution in [-0.4, -0.2) is 43.1 Å². The molecule has 9 heteroatoms. The standard InChI is InChI=1S/C22H21BrN2O6/c1-3-30-20(26)13-31-19-11-16(23)15(10-18(19)29-2)9-17-21(27)25(22(28)24-17)12-14-7-5-4-6-8-14/h4-11H,3,12-13H2,1-2H3,(H,24,28)/b17-9+. The Labute approximate surface area is 187 Å². The minimum Gasteiger partial charge on any atom is -0.493 e. The number of imide groups is 1. The van der Waals surface area contributed by atoms with Crippen LogP contribution in [0.2, 0.25) is 0 Å². The van der Waals surface area contributed by atoms with E-state index < -0.39 is 17.9 Å². The normalized spacial score (nSPS) is 14.5. The van der Waals surface area contributed by atoms with Crippen molar-refractivity contribution in [2.24, 2.45) is 0 Å². The Kier molecular flexibility index (Phi) is 7.30. The summed E-state index contributed by atoms with van der Waals surface area (Å²) in [5, 5.41) is 2.60. The average Bonchev–Trinajstić information content (AvgIpc) is 3.02. The first-order chi connectivity index (χ1) is 14.9. The van der Waals surface area contributed by atoms with Gasteiger partial charge in [-0.1, -0.05) is 46.3 Å². The van der Waals surface area contributed by atoms with Gasteiger partial charge in [0.05, 0.1) is 20.3 Å². The van der Waals surface area contributed by atoms with Crippen molar-refractivity contribution in [3.8, 4) is 11.5 Å². The minimum atomic E-state index is -0.496. The fourth-order valence-electron chi connectivity index (χ4n) is 2.91. The van der Waals surface area contributed by atoms with Crippen molar-refractivity contribution in [1.29, 1.82) is 0 Å². The topological polar surface area (TPSA) is 94.2 Å². The number of carbonyl (C=O) groups is 3. The predicted molar refractivity (Wildman–Crippen MR) is 116 cm³/mol. The molecule has 1 N–H and O–H groups in total. The fourth-order valence-corrected chi connectivity index (χ4v) is 3.35. The Morgan fingerprint density at radius 1 is 1.16 bits per heavy atom. The van der Waals surface area contributed by atoms with E-state index in [9.17, 15) is 14.4 Å². The van der Waals surface area contributed by atoms with Gasteiger partial charge < -0.3 is 19.5 Å². The molecule has 31 heavy (non-hydrogen) atoms. The van der Waals surface area contributed by atoms with Crippen LogP contribution >= 0.6 is 15.9 Å². The number of hydrogen-bond donors (Lipinski definition) is 1. The highest BCUT2D eigenvalue weighted by atomic mass is 79.9. The van der Waals surface area contributed by atoms with Crippen LogP contribution in [0.3, 0.4) is 0 Å². The quantitative estimate of drug-likeness (QED) is 0.347. The van der Waals surface area contributed by atoms with Crippen LogP contribution in [0, 0.1) is 0 Å². The second-order valence-electron chi connectivity index (χ2n) is 6.48. The molecule has 0 atom stereocenters. The number of nitrogens with one attached hydrogen (secondary N) is 1. The molecule has 1 aliphatic heterocycles. The van der Waals surface area contributed by atoms with E-state index >= 15 is 0 Å². The van der Waals surface area contributed by atoms with Crippen LogP contribution in [-0.2, 0) is 20.9 Å². The number of methoxy groups -OCH3 is 1. The SMILES string of the molecule is CCOC(=O)COc1cc(Br)c(/C=C2/NC(=O)N(Cc3ccccc3)C2=O)cc1OC. The maximum absolute atomic E-state index is 12.7. The predicted octanol–water partition coefficient (Wildman–Crippen LogP) is 3.49. The molecule has 1 aliphatic rings. The van der Waals surface area contributed by atoms with Gasteiger partial charge in [0.2, 0.25) is 0 Å². The largest absolute Gasteiger partial charge is 0.493 e. The van der Waals surface area contributed by atoms with E-state index in [1.807, 2.05) is 30.3 Å². The van der Waals surface area contributed by atoms with Gasteiger partial charge in [-0.05, 0) is 36.3 Å². The van der Waals surface area contributed by atoms with Crippen molar-refractivity contribution in [3.63, 3.8) is 0 Å². The number of rotatable bonds is 8. The first kappa shape index (κ1) is 22.4. The molecule has 2 aromatic rings. The monoisotopic (exact) mass is 488 g/mol. The number of ether oxygens (including phenoxy) is 3. The Balaban J connectivity index is 1.80. The molecular formula is C22H21BrN2O6. The summed E-state index contributed by atoms with van der Waals surface area (Å²) < 4.78 is 16.2. The van der Waals surface area contributed by atoms with Crippen molar-refractivity contribution in [2.75, 3.05) is 20.3 Å². The molecule has 1 saturated heterocycles. The summed E-state index contributed by atoms with van der Waals surface area (Å²) in [7, 11) is 1.46. The average molecular weight is 489 g/mol. The van der Waals surface area contributed by atoms with Crippen LogP contribution in [0.15, 0.2) is 52.6 Å². The molecule has 0 spiro atoms. The summed E-state index contributed by atoms with van der Waals surface area (Å²) in [4.78, 5) is 37.7. The van der Waals surface area contributed by atoms with Gasteiger partial charge in [-0.3, -0.25) is 9.69 Å². The zero-order valence-electron chi connectivity index (χ0n) is 17.0. The molecule has 0 aliphatic carbocycles. The van der Waals surface area contributed by atoms with Crippen LogP contribution in [0.4, 0.5) is 4.79 Å². The van der Waals surface area contributed by atoms with Crippen molar-refractivity contribution in [3.05, 3.63) is 63.8 Å². The molecule has 162 valence electrons. The molecule has 0 bridgehead atoms. The highest BCUT2D eigenvalue weighted by molar-refractivity contribution is 9.10. The van der Waals surface area contributed by atoms with E-state index in [-0.39, 0.29) is 25.5 Å². The van der Waals surface area contributed by atoms with Crippen molar-refractivity contribution in [1.82, 2.24) is 10.2 Å². The summed E-state index contributed by atoms with van der Waals surface area (Å²) in [5.74, 6) is -0.235. The number of esters is 1. The van der Waals surface area contributed by atoms with E-state index in [1.54, 1.807) is 25.1 Å². The van der Waals surface area contributed by atoms with Crippen LogP contribution in [0.25, 0.3) is 6.08 Å². The number of hydrogen-bond acceptors (Lipinski definition) is 6. The summed E-state index contributed by atoms with van der Waals surface area (Å²) >= 11 is 3.43. The summed E-state index contributed by atoms with van der Waals surface area (Å²) in [6.45, 7) is 1.88. The minimum absolute atomic E-state index is 0.142. The Hall–Kier alpha value is -3.33. The molecule has 0 aromatic heterocycles. The summed E-state index contributed by atoms with van der Waals surface area (Å²) in [5.41, 5.74) is 1.58. The number of urea groups is 1. The lowest BCUT2D eigenvalue weighted by Crippen LogP contribution is -2.30. The van der Waals surface area contributed by atoms with E-state index in [4.69, 9.17) is 14.2 Å². The van der Waals surface area contributed by atoms with Gasteiger partial charge in [0, 0.05) is 4.47 Å². The van der Waals surface area contributed by atoms with Crippen LogP contribution < -0.4 is 14.8 Å². The summed E-state index contributed by atoms with van der Waals surface area (Å²) in [6, 6.07) is 12.0. The number of amides is 3.